The summed E-state index contributed by atoms with van der Waals surface area (Å²) in [6.07, 6.45) is -0.647. The Morgan fingerprint density at radius 1 is 1.23 bits per heavy atom. The van der Waals surface area contributed by atoms with Crippen LogP contribution >= 0.6 is 22.6 Å². The highest BCUT2D eigenvalue weighted by atomic mass is 127. The second-order valence-corrected chi connectivity index (χ2v) is 11.0. The molecule has 2 aromatic carbocycles. The van der Waals surface area contributed by atoms with Gasteiger partial charge in [-0.3, -0.25) is 4.72 Å². The maximum Gasteiger partial charge on any atom is 0.238 e. The Morgan fingerprint density at radius 2 is 1.94 bits per heavy atom. The molecule has 2 atom stereocenters. The van der Waals surface area contributed by atoms with E-state index in [1.807, 2.05) is 22.6 Å². The molecule has 1 aliphatic carbocycles. The van der Waals surface area contributed by atoms with Gasteiger partial charge in [0.25, 0.3) is 0 Å². The highest BCUT2D eigenvalue weighted by molar-refractivity contribution is 14.1. The summed E-state index contributed by atoms with van der Waals surface area (Å²) in [7, 11) is -4.13. The number of nitrogens with two attached hydrogens (primary N) is 1. The summed E-state index contributed by atoms with van der Waals surface area (Å²) in [5, 5.41) is 12.7. The predicted octanol–water partition coefficient (Wildman–Crippen LogP) is 3.20. The zero-order valence-corrected chi connectivity index (χ0v) is 18.9. The molecule has 0 radical (unpaired) electrons. The van der Waals surface area contributed by atoms with Crippen LogP contribution in [0, 0.1) is 21.0 Å². The van der Waals surface area contributed by atoms with Crippen molar-refractivity contribution >= 4 is 49.7 Å². The second-order valence-electron chi connectivity index (χ2n) is 7.70. The first kappa shape index (κ1) is 22.4. The first-order valence-corrected chi connectivity index (χ1v) is 11.9. The molecule has 4 rings (SSSR count). The molecule has 1 saturated carbocycles. The molecule has 2 aromatic rings. The summed E-state index contributed by atoms with van der Waals surface area (Å²) < 4.78 is 76.7. The maximum atomic E-state index is 14.8. The van der Waals surface area contributed by atoms with Crippen LogP contribution in [0.3, 0.4) is 0 Å². The number of hydrogen-bond donors (Lipinski definition) is 4. The van der Waals surface area contributed by atoms with Crippen molar-refractivity contribution in [3.05, 3.63) is 45.3 Å². The number of rotatable bonds is 2. The molecule has 7 nitrogen and oxygen atoms in total. The molecule has 1 aliphatic heterocycles. The molecule has 168 valence electrons. The fraction of sp³-hybridized carbons (Fsp3) is 0.368. The fourth-order valence-electron chi connectivity index (χ4n) is 3.49. The lowest BCUT2D eigenvalue weighted by molar-refractivity contribution is 0.0816. The Labute approximate surface area is 190 Å². The highest BCUT2D eigenvalue weighted by Gasteiger charge is 2.56. The Kier molecular flexibility index (Phi) is 5.77. The fourth-order valence-corrected chi connectivity index (χ4v) is 5.68. The molecule has 1 heterocycles. The number of benzene rings is 2. The van der Waals surface area contributed by atoms with Gasteiger partial charge in [0.15, 0.2) is 11.6 Å². The Balaban J connectivity index is 1.86. The monoisotopic (exact) mass is 569 g/mol. The molecule has 2 aliphatic rings. The molecule has 31 heavy (non-hydrogen) atoms. The van der Waals surface area contributed by atoms with Crippen molar-refractivity contribution in [2.45, 2.75) is 36.2 Å². The molecule has 1 spiro atoms. The van der Waals surface area contributed by atoms with Crippen molar-refractivity contribution in [1.29, 1.82) is 0 Å². The lowest BCUT2D eigenvalue weighted by atomic mass is 10.1. The van der Waals surface area contributed by atoms with Crippen molar-refractivity contribution in [1.82, 2.24) is 0 Å². The van der Waals surface area contributed by atoms with Crippen LogP contribution in [0.4, 0.5) is 30.2 Å². The van der Waals surface area contributed by atoms with E-state index in [4.69, 9.17) is 10.5 Å². The van der Waals surface area contributed by atoms with Crippen molar-refractivity contribution in [3.63, 3.8) is 0 Å². The van der Waals surface area contributed by atoms with Crippen LogP contribution in [0.2, 0.25) is 0 Å². The third-order valence-electron chi connectivity index (χ3n) is 5.50. The van der Waals surface area contributed by atoms with Gasteiger partial charge in [0.05, 0.1) is 10.4 Å². The van der Waals surface area contributed by atoms with E-state index in [9.17, 15) is 26.7 Å². The number of halogens is 4. The van der Waals surface area contributed by atoms with Gasteiger partial charge in [0.2, 0.25) is 10.0 Å². The van der Waals surface area contributed by atoms with Crippen LogP contribution in [0.5, 0.6) is 5.75 Å². The summed E-state index contributed by atoms with van der Waals surface area (Å²) >= 11 is 1.89. The van der Waals surface area contributed by atoms with Gasteiger partial charge in [-0.1, -0.05) is 0 Å². The van der Waals surface area contributed by atoms with Crippen LogP contribution in [0.25, 0.3) is 0 Å². The largest absolute Gasteiger partial charge is 0.488 e. The molecule has 12 heteroatoms. The van der Waals surface area contributed by atoms with Crippen LogP contribution < -0.4 is 20.5 Å². The number of ether oxygens (including phenoxy) is 1. The van der Waals surface area contributed by atoms with Crippen LogP contribution in [0.15, 0.2) is 24.3 Å². The second kappa shape index (κ2) is 7.98. The minimum absolute atomic E-state index is 0.0274. The van der Waals surface area contributed by atoms with E-state index in [1.165, 1.54) is 12.1 Å². The average Bonchev–Trinajstić information content (AvgIpc) is 3.48. The molecule has 1 fully saturated rings. The van der Waals surface area contributed by atoms with Gasteiger partial charge < -0.3 is 20.9 Å². The Bertz CT molecular complexity index is 1140. The number of sulfonamides is 1. The standard InChI is InChI=1S/C19H19F3IN3O4S/c20-10-5-9(23)1-2-13(10)25-18-16(22)11(21)6-15-17(18)26-31(28,29)19(3-4-19)7-12(24)14(27)8-30-15/h1-2,5-6,12,14,25-27H,3-4,7-8,24H2. The summed E-state index contributed by atoms with van der Waals surface area (Å²) in [6, 6.07) is 3.82. The Hall–Kier alpha value is -1.77. The smallest absolute Gasteiger partial charge is 0.238 e. The van der Waals surface area contributed by atoms with Crippen molar-refractivity contribution < 1.29 is 31.4 Å². The van der Waals surface area contributed by atoms with Gasteiger partial charge in [-0.05, 0) is 60.1 Å². The minimum Gasteiger partial charge on any atom is -0.488 e. The maximum absolute atomic E-state index is 14.8. The van der Waals surface area contributed by atoms with E-state index < -0.39 is 55.7 Å². The summed E-state index contributed by atoms with van der Waals surface area (Å²) in [5.41, 5.74) is 4.70. The van der Waals surface area contributed by atoms with Gasteiger partial charge in [-0.25, -0.2) is 21.6 Å². The molecule has 0 amide bonds. The molecule has 0 saturated heterocycles. The number of fused-ring (bicyclic) bond motifs is 1. The number of aliphatic hydroxyl groups is 1. The van der Waals surface area contributed by atoms with Gasteiger partial charge in [-0.2, -0.15) is 0 Å². The topological polar surface area (TPSA) is 114 Å². The van der Waals surface area contributed by atoms with E-state index in [0.717, 1.165) is 0 Å². The van der Waals surface area contributed by atoms with E-state index in [-0.39, 0.29) is 24.5 Å². The van der Waals surface area contributed by atoms with E-state index in [0.29, 0.717) is 22.5 Å². The van der Waals surface area contributed by atoms with Gasteiger partial charge in [0, 0.05) is 15.7 Å². The summed E-state index contributed by atoms with van der Waals surface area (Å²) in [5.74, 6) is -3.86. The van der Waals surface area contributed by atoms with Gasteiger partial charge in [0.1, 0.15) is 35.7 Å². The summed E-state index contributed by atoms with van der Waals surface area (Å²) in [6.45, 7) is -0.367. The van der Waals surface area contributed by atoms with Crippen molar-refractivity contribution in [2.75, 3.05) is 16.6 Å². The van der Waals surface area contributed by atoms with E-state index >= 15 is 0 Å². The molecular weight excluding hydrogens is 550 g/mol. The third kappa shape index (κ3) is 4.17. The normalized spacial score (nSPS) is 23.9. The van der Waals surface area contributed by atoms with Gasteiger partial charge >= 0.3 is 0 Å². The van der Waals surface area contributed by atoms with Crippen LogP contribution in [0.1, 0.15) is 19.3 Å². The molecule has 0 aromatic heterocycles. The zero-order valence-electron chi connectivity index (χ0n) is 16.0. The number of nitrogens with one attached hydrogen (secondary N) is 2. The number of hydrogen-bond acceptors (Lipinski definition) is 6. The molecular formula is C19H19F3IN3O4S. The van der Waals surface area contributed by atoms with Crippen molar-refractivity contribution in [2.24, 2.45) is 5.73 Å². The first-order valence-electron chi connectivity index (χ1n) is 9.36. The highest BCUT2D eigenvalue weighted by Crippen LogP contribution is 2.50. The van der Waals surface area contributed by atoms with Crippen molar-refractivity contribution in [3.8, 4) is 5.75 Å². The molecule has 5 N–H and O–H groups in total. The average molecular weight is 569 g/mol. The number of aliphatic hydroxyl groups excluding tert-OH is 1. The number of anilines is 3. The van der Waals surface area contributed by atoms with Crippen LogP contribution in [-0.2, 0) is 10.0 Å². The lowest BCUT2D eigenvalue weighted by Gasteiger charge is -2.28. The lowest BCUT2D eigenvalue weighted by Crippen LogP contribution is -2.45. The van der Waals surface area contributed by atoms with E-state index in [2.05, 4.69) is 10.0 Å². The first-order chi connectivity index (χ1) is 14.5. The molecule has 2 unspecified atom stereocenters. The summed E-state index contributed by atoms with van der Waals surface area (Å²) in [4.78, 5) is 0. The zero-order chi connectivity index (χ0) is 22.6. The van der Waals surface area contributed by atoms with Gasteiger partial charge in [-0.15, -0.1) is 0 Å². The molecule has 0 bridgehead atoms. The third-order valence-corrected chi connectivity index (χ3v) is 8.36. The Morgan fingerprint density at radius 3 is 2.58 bits per heavy atom. The quantitative estimate of drug-likeness (QED) is 0.414. The SMILES string of the molecule is NC1CC2(CC2)S(=O)(=O)Nc2c(cc(F)c(F)c2Nc2ccc(I)cc2F)OCC1O. The van der Waals surface area contributed by atoms with E-state index in [1.54, 1.807) is 6.07 Å². The van der Waals surface area contributed by atoms with Crippen LogP contribution in [-0.4, -0.2) is 37.0 Å². The predicted molar refractivity (Wildman–Crippen MR) is 117 cm³/mol. The minimum atomic E-state index is -4.13.